The van der Waals surface area contributed by atoms with Gasteiger partial charge in [-0.15, -0.1) is 0 Å². The van der Waals surface area contributed by atoms with E-state index >= 15 is 0 Å². The summed E-state index contributed by atoms with van der Waals surface area (Å²) in [5, 5.41) is 7.60. The predicted octanol–water partition coefficient (Wildman–Crippen LogP) is 6.90. The molecule has 0 radical (unpaired) electrons. The van der Waals surface area contributed by atoms with Gasteiger partial charge in [0, 0.05) is 22.3 Å². The minimum absolute atomic E-state index is 0.302. The van der Waals surface area contributed by atoms with E-state index in [0.29, 0.717) is 6.61 Å². The van der Waals surface area contributed by atoms with E-state index in [1.54, 1.807) is 6.26 Å². The van der Waals surface area contributed by atoms with Crippen LogP contribution in [0, 0.1) is 0 Å². The molecule has 0 aromatic heterocycles. The maximum absolute atomic E-state index is 5.77. The number of rotatable bonds is 7. The number of hydrogen-bond donors (Lipinski definition) is 0. The Morgan fingerprint density at radius 3 is 1.70 bits per heavy atom. The molecule has 0 spiro atoms. The molecule has 1 unspecified atom stereocenters. The van der Waals surface area contributed by atoms with Crippen molar-refractivity contribution < 1.29 is 19.6 Å². The zero-order valence-corrected chi connectivity index (χ0v) is 25.5. The maximum atomic E-state index is 5.77. The number of hydrogen-bond acceptors (Lipinski definition) is 4. The van der Waals surface area contributed by atoms with Crippen molar-refractivity contribution in [2.45, 2.75) is 12.7 Å². The van der Waals surface area contributed by atoms with Gasteiger partial charge < -0.3 is 9.78 Å². The first-order valence-electron chi connectivity index (χ1n) is 14.6. The molecule has 0 amide bonds. The van der Waals surface area contributed by atoms with Gasteiger partial charge in [-0.1, -0.05) is 127 Å². The quantitative estimate of drug-likeness (QED) is 0.149. The summed E-state index contributed by atoms with van der Waals surface area (Å²) >= 11 is 0. The third kappa shape index (κ3) is 4.91. The molecule has 5 aromatic carbocycles. The number of fused-ring (bicyclic) bond motifs is 2. The summed E-state index contributed by atoms with van der Waals surface area (Å²) in [6.45, 7) is 0.361. The number of benzene rings is 5. The van der Waals surface area contributed by atoms with Gasteiger partial charge in [0.1, 0.15) is 12.9 Å². The monoisotopic (exact) mass is 610 g/mol. The average molecular weight is 611 g/mol. The standard InChI is InChI=1S/C38H28O4P2/c1-5-13-27(14-6-1)43(28-15-7-2-8-16-28)35-23-21-33-31(25-39-41-33)37(35)38-32-26-40-42-34(32)22-24-36(38)44(29-17-9-3-10-18-29)30-19-11-4-12-20-30/h1-25,33H,26H2. The topological polar surface area (TPSA) is 36.9 Å². The van der Waals surface area contributed by atoms with E-state index in [4.69, 9.17) is 19.6 Å². The van der Waals surface area contributed by atoms with E-state index in [-0.39, 0.29) is 6.10 Å². The molecule has 3 aliphatic rings. The minimum atomic E-state index is -0.936. The van der Waals surface area contributed by atoms with E-state index < -0.39 is 15.8 Å². The van der Waals surface area contributed by atoms with Crippen LogP contribution in [0.1, 0.15) is 11.1 Å². The lowest BCUT2D eigenvalue weighted by Gasteiger charge is -2.31. The zero-order chi connectivity index (χ0) is 29.3. The van der Waals surface area contributed by atoms with E-state index in [2.05, 4.69) is 146 Å². The largest absolute Gasteiger partial charge is 0.344 e. The second kappa shape index (κ2) is 12.0. The SMILES string of the molecule is C1=CC2OOC=C2C(c2c(P(c3ccccc3)c3ccccc3)ccc3c2COO3)=C1P(c1ccccc1)c1ccccc1. The van der Waals surface area contributed by atoms with Crippen LogP contribution in [-0.4, -0.2) is 6.10 Å². The molecule has 6 heteroatoms. The Morgan fingerprint density at radius 1 is 0.591 bits per heavy atom. The van der Waals surface area contributed by atoms with Gasteiger partial charge in [-0.05, 0) is 65.9 Å². The van der Waals surface area contributed by atoms with Crippen LogP contribution in [0.3, 0.4) is 0 Å². The molecular formula is C38H28O4P2. The van der Waals surface area contributed by atoms with E-state index in [1.165, 1.54) is 31.8 Å². The fourth-order valence-corrected chi connectivity index (χ4v) is 11.1. The average Bonchev–Trinajstić information content (AvgIpc) is 3.77. The first kappa shape index (κ1) is 27.3. The van der Waals surface area contributed by atoms with E-state index in [1.807, 2.05) is 0 Å². The first-order valence-corrected chi connectivity index (χ1v) is 17.3. The van der Waals surface area contributed by atoms with Crippen LogP contribution in [-0.2, 0) is 21.3 Å². The van der Waals surface area contributed by atoms with Crippen LogP contribution in [0.15, 0.2) is 163 Å². The third-order valence-corrected chi connectivity index (χ3v) is 13.0. The van der Waals surface area contributed by atoms with E-state index in [9.17, 15) is 0 Å². The van der Waals surface area contributed by atoms with Crippen LogP contribution in [0.5, 0.6) is 5.75 Å². The van der Waals surface area contributed by atoms with Crippen LogP contribution in [0.4, 0.5) is 0 Å². The second-order valence-corrected chi connectivity index (χ2v) is 15.0. The molecule has 1 aliphatic carbocycles. The van der Waals surface area contributed by atoms with Crippen LogP contribution < -0.4 is 31.4 Å². The summed E-state index contributed by atoms with van der Waals surface area (Å²) in [6.07, 6.45) is 5.85. The van der Waals surface area contributed by atoms with Gasteiger partial charge in [-0.25, -0.2) is 0 Å². The predicted molar refractivity (Wildman–Crippen MR) is 180 cm³/mol. The van der Waals surface area contributed by atoms with Crippen molar-refractivity contribution >= 4 is 47.9 Å². The maximum Gasteiger partial charge on any atom is 0.171 e. The molecule has 0 saturated heterocycles. The molecule has 0 N–H and O–H groups in total. The molecule has 4 nitrogen and oxygen atoms in total. The Bertz CT molecular complexity index is 1810. The third-order valence-electron chi connectivity index (χ3n) is 8.00. The first-order chi connectivity index (χ1) is 21.9. The van der Waals surface area contributed by atoms with Gasteiger partial charge in [0.25, 0.3) is 0 Å². The van der Waals surface area contributed by atoms with Crippen LogP contribution >= 0.6 is 15.8 Å². The van der Waals surface area contributed by atoms with Crippen molar-refractivity contribution in [2.24, 2.45) is 0 Å². The van der Waals surface area contributed by atoms with Gasteiger partial charge in [-0.2, -0.15) is 9.78 Å². The van der Waals surface area contributed by atoms with Gasteiger partial charge in [0.15, 0.2) is 11.9 Å². The Morgan fingerprint density at radius 2 is 1.14 bits per heavy atom. The lowest BCUT2D eigenvalue weighted by molar-refractivity contribution is -0.241. The van der Waals surface area contributed by atoms with Crippen molar-refractivity contribution in [1.82, 2.24) is 0 Å². The fraction of sp³-hybridized carbons (Fsp3) is 0.0526. The summed E-state index contributed by atoms with van der Waals surface area (Å²) in [5.74, 6) is 0.752. The van der Waals surface area contributed by atoms with Crippen molar-refractivity contribution in [1.29, 1.82) is 0 Å². The molecule has 0 bridgehead atoms. The van der Waals surface area contributed by atoms with Gasteiger partial charge >= 0.3 is 0 Å². The molecule has 5 aromatic rings. The van der Waals surface area contributed by atoms with Crippen molar-refractivity contribution in [3.8, 4) is 5.75 Å². The Labute approximate surface area is 259 Å². The van der Waals surface area contributed by atoms with Crippen molar-refractivity contribution in [3.05, 3.63) is 174 Å². The molecule has 0 fully saturated rings. The van der Waals surface area contributed by atoms with Crippen molar-refractivity contribution in [2.75, 3.05) is 0 Å². The summed E-state index contributed by atoms with van der Waals surface area (Å²) in [4.78, 5) is 22.7. The molecule has 1 atom stereocenters. The highest BCUT2D eigenvalue weighted by Crippen LogP contribution is 2.54. The Balaban J connectivity index is 1.46. The zero-order valence-electron chi connectivity index (χ0n) is 23.7. The summed E-state index contributed by atoms with van der Waals surface area (Å²) in [5.41, 5.74) is 4.34. The Kier molecular flexibility index (Phi) is 7.44. The highest BCUT2D eigenvalue weighted by molar-refractivity contribution is 7.80. The molecule has 2 aliphatic heterocycles. The highest BCUT2D eigenvalue weighted by atomic mass is 31.1. The molecule has 44 heavy (non-hydrogen) atoms. The molecule has 8 rings (SSSR count). The smallest absolute Gasteiger partial charge is 0.171 e. The minimum Gasteiger partial charge on any atom is -0.344 e. The van der Waals surface area contributed by atoms with Crippen LogP contribution in [0.2, 0.25) is 0 Å². The van der Waals surface area contributed by atoms with Gasteiger partial charge in [0.2, 0.25) is 0 Å². The fourth-order valence-electron chi connectivity index (χ4n) is 6.08. The normalized spacial score (nSPS) is 16.9. The van der Waals surface area contributed by atoms with E-state index in [0.717, 1.165) is 28.0 Å². The summed E-state index contributed by atoms with van der Waals surface area (Å²) < 4.78 is 0. The number of allylic oxidation sites excluding steroid dienone is 2. The highest BCUT2D eigenvalue weighted by Gasteiger charge is 2.38. The summed E-state index contributed by atoms with van der Waals surface area (Å²) in [6, 6.07) is 47.5. The lowest BCUT2D eigenvalue weighted by atomic mass is 9.88. The van der Waals surface area contributed by atoms with Gasteiger partial charge in [-0.3, -0.25) is 0 Å². The van der Waals surface area contributed by atoms with Crippen molar-refractivity contribution in [3.63, 3.8) is 0 Å². The summed E-state index contributed by atoms with van der Waals surface area (Å²) in [7, 11) is -1.87. The molecule has 0 saturated carbocycles. The molecule has 214 valence electrons. The Hall–Kier alpha value is -4.30. The molecule has 2 heterocycles. The second-order valence-electron chi connectivity index (χ2n) is 10.6. The van der Waals surface area contributed by atoms with Gasteiger partial charge in [0.05, 0.1) is 0 Å². The molecular weight excluding hydrogens is 582 g/mol. The van der Waals surface area contributed by atoms with Crippen LogP contribution in [0.25, 0.3) is 5.57 Å². The lowest BCUT2D eigenvalue weighted by Crippen LogP contribution is -2.26.